The molecule has 0 saturated heterocycles. The van der Waals surface area contributed by atoms with Crippen LogP contribution in [-0.2, 0) is 11.8 Å². The summed E-state index contributed by atoms with van der Waals surface area (Å²) >= 11 is 1.44. The summed E-state index contributed by atoms with van der Waals surface area (Å²) in [7, 11) is 1.94. The van der Waals surface area contributed by atoms with E-state index in [2.05, 4.69) is 42.4 Å². The van der Waals surface area contributed by atoms with Crippen molar-refractivity contribution in [3.05, 3.63) is 29.8 Å². The summed E-state index contributed by atoms with van der Waals surface area (Å²) < 4.78 is 1.95. The zero-order valence-electron chi connectivity index (χ0n) is 15.0. The van der Waals surface area contributed by atoms with Gasteiger partial charge in [0.25, 0.3) is 0 Å². The minimum absolute atomic E-state index is 0.0427. The molecule has 0 fully saturated rings. The number of rotatable bonds is 7. The van der Waals surface area contributed by atoms with Gasteiger partial charge in [0, 0.05) is 19.2 Å². The molecule has 0 aliphatic heterocycles. The van der Waals surface area contributed by atoms with Gasteiger partial charge in [-0.15, -0.1) is 10.2 Å². The Morgan fingerprint density at radius 1 is 1.25 bits per heavy atom. The lowest BCUT2D eigenvalue weighted by molar-refractivity contribution is -0.120. The molecule has 0 aliphatic carbocycles. The van der Waals surface area contributed by atoms with Crippen molar-refractivity contribution in [3.8, 4) is 11.4 Å². The van der Waals surface area contributed by atoms with Crippen LogP contribution in [0.2, 0.25) is 0 Å². The summed E-state index contributed by atoms with van der Waals surface area (Å²) in [4.78, 5) is 12.2. The molecular formula is C18H26N4OS. The average Bonchev–Trinajstić information content (AvgIpc) is 2.88. The second-order valence-electron chi connectivity index (χ2n) is 6.41. The molecule has 2 aromatic rings. The van der Waals surface area contributed by atoms with Crippen LogP contribution in [0.4, 0.5) is 0 Å². The molecule has 1 heterocycles. The number of carbonyl (C=O) groups excluding carboxylic acids is 1. The molecule has 1 amide bonds. The first-order valence-corrected chi connectivity index (χ1v) is 9.18. The highest BCUT2D eigenvalue weighted by atomic mass is 32.2. The SMILES string of the molecule is Cc1ccccc1-c1nnc(SC(C)C(=O)NCCC(C)C)n1C. The van der Waals surface area contributed by atoms with E-state index in [4.69, 9.17) is 0 Å². The number of nitrogens with zero attached hydrogens (tertiary/aromatic N) is 3. The number of aryl methyl sites for hydroxylation is 1. The normalized spacial score (nSPS) is 12.4. The van der Waals surface area contributed by atoms with Crippen LogP contribution >= 0.6 is 11.8 Å². The summed E-state index contributed by atoms with van der Waals surface area (Å²) in [6, 6.07) is 8.10. The molecule has 0 radical (unpaired) electrons. The van der Waals surface area contributed by atoms with Crippen LogP contribution in [-0.4, -0.2) is 32.5 Å². The highest BCUT2D eigenvalue weighted by Crippen LogP contribution is 2.27. The standard InChI is InChI=1S/C18H26N4OS/c1-12(2)10-11-19-17(23)14(4)24-18-21-20-16(22(18)5)15-9-7-6-8-13(15)3/h6-9,12,14H,10-11H2,1-5H3,(H,19,23). The van der Waals surface area contributed by atoms with E-state index in [0.29, 0.717) is 12.5 Å². The second-order valence-corrected chi connectivity index (χ2v) is 7.72. The Bertz CT molecular complexity index is 696. The quantitative estimate of drug-likeness (QED) is 0.780. The first kappa shape index (κ1) is 18.5. The number of nitrogens with one attached hydrogen (secondary N) is 1. The van der Waals surface area contributed by atoms with Crippen molar-refractivity contribution in [2.75, 3.05) is 6.54 Å². The minimum Gasteiger partial charge on any atom is -0.355 e. The summed E-state index contributed by atoms with van der Waals surface area (Å²) in [5.74, 6) is 1.45. The van der Waals surface area contributed by atoms with Crippen LogP contribution < -0.4 is 5.32 Å². The van der Waals surface area contributed by atoms with Gasteiger partial charge in [-0.25, -0.2) is 0 Å². The van der Waals surface area contributed by atoms with Crippen molar-refractivity contribution in [1.82, 2.24) is 20.1 Å². The number of hydrogen-bond acceptors (Lipinski definition) is 4. The van der Waals surface area contributed by atoms with Crippen LogP contribution in [0.3, 0.4) is 0 Å². The maximum Gasteiger partial charge on any atom is 0.233 e. The molecular weight excluding hydrogens is 320 g/mol. The number of aromatic nitrogens is 3. The number of thioether (sulfide) groups is 1. The van der Waals surface area contributed by atoms with Gasteiger partial charge in [-0.2, -0.15) is 0 Å². The smallest absolute Gasteiger partial charge is 0.233 e. The van der Waals surface area contributed by atoms with Crippen LogP contribution in [0.25, 0.3) is 11.4 Å². The first-order valence-electron chi connectivity index (χ1n) is 8.30. The van der Waals surface area contributed by atoms with Crippen LogP contribution in [0, 0.1) is 12.8 Å². The van der Waals surface area contributed by atoms with Crippen molar-refractivity contribution in [1.29, 1.82) is 0 Å². The fraction of sp³-hybridized carbons (Fsp3) is 0.500. The summed E-state index contributed by atoms with van der Waals surface area (Å²) in [6.45, 7) is 8.97. The van der Waals surface area contributed by atoms with E-state index >= 15 is 0 Å². The van der Waals surface area contributed by atoms with Gasteiger partial charge in [-0.1, -0.05) is 49.9 Å². The third-order valence-electron chi connectivity index (χ3n) is 3.89. The van der Waals surface area contributed by atoms with E-state index in [1.165, 1.54) is 11.8 Å². The molecule has 1 unspecified atom stereocenters. The Morgan fingerprint density at radius 3 is 2.62 bits per heavy atom. The van der Waals surface area contributed by atoms with E-state index in [1.807, 2.05) is 36.7 Å². The monoisotopic (exact) mass is 346 g/mol. The van der Waals surface area contributed by atoms with Crippen molar-refractivity contribution in [3.63, 3.8) is 0 Å². The lowest BCUT2D eigenvalue weighted by Crippen LogP contribution is -2.32. The van der Waals surface area contributed by atoms with Crippen molar-refractivity contribution in [2.45, 2.75) is 44.5 Å². The molecule has 6 heteroatoms. The molecule has 24 heavy (non-hydrogen) atoms. The predicted octanol–water partition coefficient (Wildman–Crippen LogP) is 3.43. The lowest BCUT2D eigenvalue weighted by atomic mass is 10.1. The Balaban J connectivity index is 2.03. The molecule has 0 spiro atoms. The van der Waals surface area contributed by atoms with E-state index in [-0.39, 0.29) is 11.2 Å². The fourth-order valence-electron chi connectivity index (χ4n) is 2.32. The molecule has 1 N–H and O–H groups in total. The van der Waals surface area contributed by atoms with Gasteiger partial charge in [0.1, 0.15) is 0 Å². The maximum atomic E-state index is 12.2. The third-order valence-corrected chi connectivity index (χ3v) is 5.03. The van der Waals surface area contributed by atoms with Crippen LogP contribution in [0.1, 0.15) is 32.8 Å². The van der Waals surface area contributed by atoms with E-state index in [9.17, 15) is 4.79 Å². The van der Waals surface area contributed by atoms with E-state index in [0.717, 1.165) is 28.5 Å². The Labute approximate surface area is 148 Å². The van der Waals surface area contributed by atoms with Crippen molar-refractivity contribution < 1.29 is 4.79 Å². The molecule has 5 nitrogen and oxygen atoms in total. The minimum atomic E-state index is -0.204. The Kier molecular flexibility index (Phi) is 6.43. The van der Waals surface area contributed by atoms with Gasteiger partial charge in [0.2, 0.25) is 5.91 Å². The molecule has 0 aliphatic rings. The summed E-state index contributed by atoms with van der Waals surface area (Å²) in [5.41, 5.74) is 2.22. The Morgan fingerprint density at radius 2 is 1.96 bits per heavy atom. The number of amides is 1. The van der Waals surface area contributed by atoms with Gasteiger partial charge in [0.15, 0.2) is 11.0 Å². The van der Waals surface area contributed by atoms with Gasteiger partial charge in [0.05, 0.1) is 5.25 Å². The molecule has 130 valence electrons. The van der Waals surface area contributed by atoms with Gasteiger partial charge in [-0.3, -0.25) is 4.79 Å². The van der Waals surface area contributed by atoms with E-state index < -0.39 is 0 Å². The molecule has 1 aromatic heterocycles. The summed E-state index contributed by atoms with van der Waals surface area (Å²) in [5, 5.41) is 12.1. The third kappa shape index (κ3) is 4.60. The first-order chi connectivity index (χ1) is 11.4. The number of carbonyl (C=O) groups is 1. The van der Waals surface area contributed by atoms with Crippen LogP contribution in [0.15, 0.2) is 29.4 Å². The number of benzene rings is 1. The molecule has 1 aromatic carbocycles. The molecule has 1 atom stereocenters. The van der Waals surface area contributed by atoms with Gasteiger partial charge >= 0.3 is 0 Å². The molecule has 0 bridgehead atoms. The van der Waals surface area contributed by atoms with Gasteiger partial charge < -0.3 is 9.88 Å². The average molecular weight is 347 g/mol. The molecule has 0 saturated carbocycles. The van der Waals surface area contributed by atoms with E-state index in [1.54, 1.807) is 0 Å². The number of hydrogen-bond donors (Lipinski definition) is 1. The topological polar surface area (TPSA) is 59.8 Å². The van der Waals surface area contributed by atoms with Crippen molar-refractivity contribution in [2.24, 2.45) is 13.0 Å². The Hall–Kier alpha value is -1.82. The zero-order chi connectivity index (χ0) is 17.7. The zero-order valence-corrected chi connectivity index (χ0v) is 15.9. The largest absolute Gasteiger partial charge is 0.355 e. The van der Waals surface area contributed by atoms with Gasteiger partial charge in [-0.05, 0) is 31.7 Å². The second kappa shape index (κ2) is 8.33. The summed E-state index contributed by atoms with van der Waals surface area (Å²) in [6.07, 6.45) is 0.991. The predicted molar refractivity (Wildman–Crippen MR) is 99.0 cm³/mol. The van der Waals surface area contributed by atoms with Crippen molar-refractivity contribution >= 4 is 17.7 Å². The van der Waals surface area contributed by atoms with Crippen LogP contribution in [0.5, 0.6) is 0 Å². The molecule has 2 rings (SSSR count). The lowest BCUT2D eigenvalue weighted by Gasteiger charge is -2.12. The highest BCUT2D eigenvalue weighted by Gasteiger charge is 2.19. The fourth-order valence-corrected chi connectivity index (χ4v) is 3.15. The highest BCUT2D eigenvalue weighted by molar-refractivity contribution is 8.00. The maximum absolute atomic E-state index is 12.2.